The van der Waals surface area contributed by atoms with Gasteiger partial charge in [-0.25, -0.2) is 4.79 Å². The molecule has 16 heavy (non-hydrogen) atoms. The number of likely N-dealkylation sites (tertiary alicyclic amines) is 1. The third-order valence-corrected chi connectivity index (χ3v) is 2.90. The number of para-hydroxylation sites is 1. The number of amides is 2. The monoisotopic (exact) mass is 240 g/mol. The molecule has 1 heterocycles. The van der Waals surface area contributed by atoms with Crippen molar-refractivity contribution < 1.29 is 9.90 Å². The molecule has 2 rings (SSSR count). The van der Waals surface area contributed by atoms with Crippen molar-refractivity contribution in [1.29, 1.82) is 0 Å². The van der Waals surface area contributed by atoms with Gasteiger partial charge in [-0.1, -0.05) is 23.7 Å². The maximum atomic E-state index is 11.8. The zero-order valence-corrected chi connectivity index (χ0v) is 9.44. The van der Waals surface area contributed by atoms with E-state index in [1.54, 1.807) is 29.2 Å². The van der Waals surface area contributed by atoms with Crippen molar-refractivity contribution in [3.05, 3.63) is 29.3 Å². The van der Waals surface area contributed by atoms with Gasteiger partial charge in [0.15, 0.2) is 0 Å². The molecule has 0 aromatic heterocycles. The number of aliphatic hydroxyl groups excluding tert-OH is 1. The first-order valence-electron chi connectivity index (χ1n) is 5.15. The van der Waals surface area contributed by atoms with Gasteiger partial charge < -0.3 is 15.3 Å². The first-order valence-corrected chi connectivity index (χ1v) is 5.53. The van der Waals surface area contributed by atoms with Crippen LogP contribution in [-0.2, 0) is 0 Å². The van der Waals surface area contributed by atoms with E-state index < -0.39 is 6.10 Å². The molecule has 0 radical (unpaired) electrons. The van der Waals surface area contributed by atoms with E-state index in [1.807, 2.05) is 0 Å². The Morgan fingerprint density at radius 2 is 2.25 bits per heavy atom. The number of carbonyl (C=O) groups excluding carboxylic acids is 1. The minimum atomic E-state index is -0.406. The van der Waals surface area contributed by atoms with Gasteiger partial charge in [0.2, 0.25) is 0 Å². The van der Waals surface area contributed by atoms with Crippen LogP contribution >= 0.6 is 11.6 Å². The van der Waals surface area contributed by atoms with Gasteiger partial charge in [-0.15, -0.1) is 0 Å². The molecule has 2 amide bonds. The Morgan fingerprint density at radius 1 is 1.50 bits per heavy atom. The summed E-state index contributed by atoms with van der Waals surface area (Å²) in [7, 11) is 0. The first-order chi connectivity index (χ1) is 7.66. The second-order valence-corrected chi connectivity index (χ2v) is 4.21. The molecule has 1 aromatic rings. The molecule has 5 heteroatoms. The summed E-state index contributed by atoms with van der Waals surface area (Å²) in [5, 5.41) is 12.5. The summed E-state index contributed by atoms with van der Waals surface area (Å²) in [6.45, 7) is 0.966. The first kappa shape index (κ1) is 11.2. The lowest BCUT2D eigenvalue weighted by Gasteiger charge is -2.16. The topological polar surface area (TPSA) is 52.6 Å². The molecule has 0 aliphatic carbocycles. The van der Waals surface area contributed by atoms with E-state index in [2.05, 4.69) is 5.32 Å². The fourth-order valence-electron chi connectivity index (χ4n) is 1.68. The van der Waals surface area contributed by atoms with Crippen LogP contribution < -0.4 is 5.32 Å². The van der Waals surface area contributed by atoms with Crippen molar-refractivity contribution in [1.82, 2.24) is 4.90 Å². The van der Waals surface area contributed by atoms with Crippen LogP contribution in [0.1, 0.15) is 6.42 Å². The van der Waals surface area contributed by atoms with E-state index in [4.69, 9.17) is 11.6 Å². The lowest BCUT2D eigenvalue weighted by atomic mass is 10.3. The van der Waals surface area contributed by atoms with Crippen LogP contribution in [0.25, 0.3) is 0 Å². The predicted octanol–water partition coefficient (Wildman–Crippen LogP) is 1.94. The molecule has 1 atom stereocenters. The van der Waals surface area contributed by atoms with Crippen LogP contribution in [0, 0.1) is 0 Å². The molecule has 0 saturated carbocycles. The molecule has 86 valence electrons. The molecular formula is C11H13ClN2O2. The van der Waals surface area contributed by atoms with Crippen molar-refractivity contribution in [2.24, 2.45) is 0 Å². The molecule has 0 spiro atoms. The average molecular weight is 241 g/mol. The SMILES string of the molecule is O=C(Nc1ccccc1Cl)N1CC[C@H](O)C1. The number of nitrogens with zero attached hydrogens (tertiary/aromatic N) is 1. The van der Waals surface area contributed by atoms with Crippen molar-refractivity contribution >= 4 is 23.3 Å². The van der Waals surface area contributed by atoms with E-state index >= 15 is 0 Å². The van der Waals surface area contributed by atoms with E-state index in [9.17, 15) is 9.90 Å². The summed E-state index contributed by atoms with van der Waals surface area (Å²) < 4.78 is 0. The van der Waals surface area contributed by atoms with E-state index in [1.165, 1.54) is 0 Å². The largest absolute Gasteiger partial charge is 0.391 e. The molecular weight excluding hydrogens is 228 g/mol. The molecule has 4 nitrogen and oxygen atoms in total. The zero-order valence-electron chi connectivity index (χ0n) is 8.69. The number of anilines is 1. The molecule has 1 aliphatic rings. The van der Waals surface area contributed by atoms with Gasteiger partial charge >= 0.3 is 6.03 Å². The van der Waals surface area contributed by atoms with Crippen LogP contribution in [0.3, 0.4) is 0 Å². The Labute approximate surface area is 98.8 Å². The van der Waals surface area contributed by atoms with E-state index in [-0.39, 0.29) is 6.03 Å². The van der Waals surface area contributed by atoms with Gasteiger partial charge in [0, 0.05) is 13.1 Å². The standard InChI is InChI=1S/C11H13ClN2O2/c12-9-3-1-2-4-10(9)13-11(16)14-6-5-8(15)7-14/h1-4,8,15H,5-7H2,(H,13,16)/t8-/m0/s1. The van der Waals surface area contributed by atoms with Gasteiger partial charge in [-0.3, -0.25) is 0 Å². The molecule has 1 saturated heterocycles. The quantitative estimate of drug-likeness (QED) is 0.788. The fraction of sp³-hybridized carbons (Fsp3) is 0.364. The van der Waals surface area contributed by atoms with Crippen molar-refractivity contribution in [2.45, 2.75) is 12.5 Å². The highest BCUT2D eigenvalue weighted by Crippen LogP contribution is 2.21. The maximum absolute atomic E-state index is 11.8. The third kappa shape index (κ3) is 2.46. The van der Waals surface area contributed by atoms with E-state index in [0.29, 0.717) is 30.2 Å². The molecule has 1 fully saturated rings. The fourth-order valence-corrected chi connectivity index (χ4v) is 1.87. The number of urea groups is 1. The number of β-amino-alcohol motifs (C(OH)–C–C–N with tert-alkyl or cyclic N) is 1. The highest BCUT2D eigenvalue weighted by Gasteiger charge is 2.24. The molecule has 0 bridgehead atoms. The van der Waals surface area contributed by atoms with Gasteiger partial charge in [-0.05, 0) is 18.6 Å². The number of hydrogen-bond donors (Lipinski definition) is 2. The van der Waals surface area contributed by atoms with Gasteiger partial charge in [0.05, 0.1) is 16.8 Å². The zero-order chi connectivity index (χ0) is 11.5. The molecule has 1 aliphatic heterocycles. The average Bonchev–Trinajstić information content (AvgIpc) is 2.68. The summed E-state index contributed by atoms with van der Waals surface area (Å²) in [5.74, 6) is 0. The number of halogens is 1. The Morgan fingerprint density at radius 3 is 2.88 bits per heavy atom. The minimum Gasteiger partial charge on any atom is -0.391 e. The van der Waals surface area contributed by atoms with Crippen LogP contribution in [0.15, 0.2) is 24.3 Å². The second kappa shape index (κ2) is 4.72. The number of rotatable bonds is 1. The number of hydrogen-bond acceptors (Lipinski definition) is 2. The lowest BCUT2D eigenvalue weighted by Crippen LogP contribution is -2.33. The number of nitrogens with one attached hydrogen (secondary N) is 1. The number of benzene rings is 1. The molecule has 1 aromatic carbocycles. The van der Waals surface area contributed by atoms with Crippen molar-refractivity contribution in [2.75, 3.05) is 18.4 Å². The normalized spacial score (nSPS) is 19.9. The summed E-state index contributed by atoms with van der Waals surface area (Å²) >= 11 is 5.92. The predicted molar refractivity (Wildman–Crippen MR) is 62.7 cm³/mol. The lowest BCUT2D eigenvalue weighted by molar-refractivity contribution is 0.176. The minimum absolute atomic E-state index is 0.218. The summed E-state index contributed by atoms with van der Waals surface area (Å²) in [6.07, 6.45) is 0.229. The Hall–Kier alpha value is -1.26. The second-order valence-electron chi connectivity index (χ2n) is 3.80. The highest BCUT2D eigenvalue weighted by molar-refractivity contribution is 6.33. The highest BCUT2D eigenvalue weighted by atomic mass is 35.5. The van der Waals surface area contributed by atoms with E-state index in [0.717, 1.165) is 0 Å². The van der Waals surface area contributed by atoms with Crippen LogP contribution in [0.2, 0.25) is 5.02 Å². The summed E-state index contributed by atoms with van der Waals surface area (Å²) in [5.41, 5.74) is 0.593. The summed E-state index contributed by atoms with van der Waals surface area (Å²) in [4.78, 5) is 13.3. The Bertz CT molecular complexity index is 397. The van der Waals surface area contributed by atoms with Gasteiger partial charge in [0.25, 0.3) is 0 Å². The third-order valence-electron chi connectivity index (χ3n) is 2.57. The Kier molecular flexibility index (Phi) is 3.31. The van der Waals surface area contributed by atoms with Crippen LogP contribution in [-0.4, -0.2) is 35.2 Å². The summed E-state index contributed by atoms with van der Waals surface area (Å²) in [6, 6.07) is 6.85. The van der Waals surface area contributed by atoms with Gasteiger partial charge in [-0.2, -0.15) is 0 Å². The van der Waals surface area contributed by atoms with Crippen molar-refractivity contribution in [3.63, 3.8) is 0 Å². The molecule has 2 N–H and O–H groups in total. The van der Waals surface area contributed by atoms with Crippen LogP contribution in [0.4, 0.5) is 10.5 Å². The Balaban J connectivity index is 2.00. The number of carbonyl (C=O) groups is 1. The number of aliphatic hydroxyl groups is 1. The van der Waals surface area contributed by atoms with Crippen molar-refractivity contribution in [3.8, 4) is 0 Å². The van der Waals surface area contributed by atoms with Gasteiger partial charge in [0.1, 0.15) is 0 Å². The smallest absolute Gasteiger partial charge is 0.321 e. The maximum Gasteiger partial charge on any atom is 0.321 e. The molecule has 0 unspecified atom stereocenters. The van der Waals surface area contributed by atoms with Crippen LogP contribution in [0.5, 0.6) is 0 Å².